The van der Waals surface area contributed by atoms with Gasteiger partial charge in [-0.15, -0.1) is 0 Å². The fourth-order valence-electron chi connectivity index (χ4n) is 3.28. The first-order chi connectivity index (χ1) is 12.3. The summed E-state index contributed by atoms with van der Waals surface area (Å²) in [7, 11) is 1.52. The van der Waals surface area contributed by atoms with Gasteiger partial charge in [-0.2, -0.15) is 5.26 Å². The molecule has 1 aliphatic rings. The van der Waals surface area contributed by atoms with Crippen LogP contribution in [-0.4, -0.2) is 24.8 Å². The number of carbonyl (C=O) groups excluding carboxylic acids is 1. The van der Waals surface area contributed by atoms with E-state index in [0.717, 1.165) is 5.56 Å². The Morgan fingerprint density at radius 1 is 1.42 bits per heavy atom. The first-order valence-electron chi connectivity index (χ1n) is 8.10. The fourth-order valence-corrected chi connectivity index (χ4v) is 3.28. The molecule has 3 N–H and O–H groups in total. The molecule has 0 bridgehead atoms. The van der Waals surface area contributed by atoms with Crippen molar-refractivity contribution in [1.29, 1.82) is 5.26 Å². The van der Waals surface area contributed by atoms with Crippen LogP contribution in [0.4, 0.5) is 0 Å². The van der Waals surface area contributed by atoms with Gasteiger partial charge in [0.1, 0.15) is 28.9 Å². The molecule has 1 aromatic rings. The van der Waals surface area contributed by atoms with Crippen LogP contribution in [0.1, 0.15) is 36.5 Å². The van der Waals surface area contributed by atoms with Crippen molar-refractivity contribution < 1.29 is 24.1 Å². The van der Waals surface area contributed by atoms with Crippen LogP contribution in [0.5, 0.6) is 11.5 Å². The normalized spacial score (nSPS) is 16.8. The second-order valence-corrected chi connectivity index (χ2v) is 5.90. The minimum atomic E-state index is -0.915. The van der Waals surface area contributed by atoms with Crippen LogP contribution < -0.4 is 10.5 Å². The minimum Gasteiger partial charge on any atom is -0.508 e. The zero-order valence-electron chi connectivity index (χ0n) is 15.5. The van der Waals surface area contributed by atoms with Crippen LogP contribution in [-0.2, 0) is 14.3 Å². The zero-order chi connectivity index (χ0) is 19.6. The SMILES string of the molecule is CCOC(=O)C1=C(C)OC(N)=C(C#N)C1c1c(O)cc(C)c(OC)c1C. The molecule has 0 aromatic heterocycles. The van der Waals surface area contributed by atoms with Gasteiger partial charge in [-0.25, -0.2) is 4.79 Å². The molecule has 7 heteroatoms. The number of esters is 1. The average molecular weight is 358 g/mol. The predicted molar refractivity (Wildman–Crippen MR) is 94.1 cm³/mol. The summed E-state index contributed by atoms with van der Waals surface area (Å²) in [6.45, 7) is 6.95. The van der Waals surface area contributed by atoms with Crippen LogP contribution >= 0.6 is 0 Å². The number of nitriles is 1. The van der Waals surface area contributed by atoms with Crippen molar-refractivity contribution in [1.82, 2.24) is 0 Å². The lowest BCUT2D eigenvalue weighted by Gasteiger charge is -2.29. The lowest BCUT2D eigenvalue weighted by Crippen LogP contribution is -2.26. The van der Waals surface area contributed by atoms with E-state index < -0.39 is 11.9 Å². The van der Waals surface area contributed by atoms with Crippen molar-refractivity contribution >= 4 is 5.97 Å². The Labute approximate surface area is 152 Å². The first kappa shape index (κ1) is 19.2. The summed E-state index contributed by atoms with van der Waals surface area (Å²) in [6, 6.07) is 3.52. The van der Waals surface area contributed by atoms with Crippen molar-refractivity contribution in [3.05, 3.63) is 45.5 Å². The Morgan fingerprint density at radius 2 is 2.08 bits per heavy atom. The Kier molecular flexibility index (Phi) is 5.46. The van der Waals surface area contributed by atoms with Gasteiger partial charge in [0.05, 0.1) is 25.2 Å². The van der Waals surface area contributed by atoms with Gasteiger partial charge in [0, 0.05) is 5.56 Å². The Morgan fingerprint density at radius 3 is 2.62 bits per heavy atom. The highest BCUT2D eigenvalue weighted by Crippen LogP contribution is 2.46. The highest BCUT2D eigenvalue weighted by Gasteiger charge is 2.39. The summed E-state index contributed by atoms with van der Waals surface area (Å²) in [5.74, 6) is -0.940. The molecule has 1 aliphatic heterocycles. The first-order valence-corrected chi connectivity index (χ1v) is 8.10. The number of aromatic hydroxyl groups is 1. The van der Waals surface area contributed by atoms with E-state index in [1.54, 1.807) is 27.7 Å². The third-order valence-corrected chi connectivity index (χ3v) is 4.33. The minimum absolute atomic E-state index is 0.0305. The van der Waals surface area contributed by atoms with Gasteiger partial charge in [0.15, 0.2) is 0 Å². The van der Waals surface area contributed by atoms with Crippen molar-refractivity contribution in [2.45, 2.75) is 33.6 Å². The summed E-state index contributed by atoms with van der Waals surface area (Å²) in [5, 5.41) is 20.2. The Hall–Kier alpha value is -3.14. The van der Waals surface area contributed by atoms with E-state index in [4.69, 9.17) is 19.9 Å². The summed E-state index contributed by atoms with van der Waals surface area (Å²) in [5.41, 5.74) is 7.73. The molecule has 0 aliphatic carbocycles. The quantitative estimate of drug-likeness (QED) is 0.795. The lowest BCUT2D eigenvalue weighted by molar-refractivity contribution is -0.139. The van der Waals surface area contributed by atoms with Gasteiger partial charge in [-0.05, 0) is 44.9 Å². The smallest absolute Gasteiger partial charge is 0.338 e. The van der Waals surface area contributed by atoms with Crippen molar-refractivity contribution in [2.75, 3.05) is 13.7 Å². The third-order valence-electron chi connectivity index (χ3n) is 4.33. The molecule has 0 spiro atoms. The molecule has 1 aromatic carbocycles. The summed E-state index contributed by atoms with van der Waals surface area (Å²) >= 11 is 0. The number of phenols is 1. The Balaban J connectivity index is 2.83. The molecular weight excluding hydrogens is 336 g/mol. The molecule has 7 nitrogen and oxygen atoms in total. The van der Waals surface area contributed by atoms with Crippen molar-refractivity contribution in [3.8, 4) is 17.6 Å². The molecular formula is C19H22N2O5. The topological polar surface area (TPSA) is 115 Å². The number of hydrogen-bond acceptors (Lipinski definition) is 7. The number of phenolic OH excluding ortho intramolecular Hbond substituents is 1. The fraction of sp³-hybridized carbons (Fsp3) is 0.368. The van der Waals surface area contributed by atoms with Crippen molar-refractivity contribution in [2.24, 2.45) is 5.73 Å². The van der Waals surface area contributed by atoms with Gasteiger partial charge < -0.3 is 25.1 Å². The zero-order valence-corrected chi connectivity index (χ0v) is 15.5. The second kappa shape index (κ2) is 7.40. The number of carbonyl (C=O) groups is 1. The van der Waals surface area contributed by atoms with Crippen LogP contribution in [0, 0.1) is 25.2 Å². The van der Waals surface area contributed by atoms with Gasteiger partial charge in [0.2, 0.25) is 5.88 Å². The number of aryl methyl sites for hydroxylation is 1. The van der Waals surface area contributed by atoms with E-state index >= 15 is 0 Å². The lowest BCUT2D eigenvalue weighted by atomic mass is 9.80. The molecule has 0 amide bonds. The predicted octanol–water partition coefficient (Wildman–Crippen LogP) is 2.66. The van der Waals surface area contributed by atoms with Crippen LogP contribution in [0.25, 0.3) is 0 Å². The van der Waals surface area contributed by atoms with E-state index in [1.165, 1.54) is 13.2 Å². The molecule has 0 saturated carbocycles. The number of nitrogens with zero attached hydrogens (tertiary/aromatic N) is 1. The van der Waals surface area contributed by atoms with E-state index in [1.807, 2.05) is 6.07 Å². The molecule has 1 unspecified atom stereocenters. The van der Waals surface area contributed by atoms with Gasteiger partial charge in [0.25, 0.3) is 0 Å². The van der Waals surface area contributed by atoms with Crippen LogP contribution in [0.3, 0.4) is 0 Å². The molecule has 1 atom stereocenters. The summed E-state index contributed by atoms with van der Waals surface area (Å²) in [6.07, 6.45) is 0. The average Bonchev–Trinajstić information content (AvgIpc) is 2.54. The number of rotatable bonds is 4. The molecule has 1 heterocycles. The maximum absolute atomic E-state index is 12.6. The number of hydrogen-bond donors (Lipinski definition) is 2. The van der Waals surface area contributed by atoms with Gasteiger partial charge in [-0.1, -0.05) is 0 Å². The van der Waals surface area contributed by atoms with Crippen LogP contribution in [0.2, 0.25) is 0 Å². The van der Waals surface area contributed by atoms with E-state index in [9.17, 15) is 15.2 Å². The number of methoxy groups -OCH3 is 1. The van der Waals surface area contributed by atoms with Gasteiger partial charge in [-0.3, -0.25) is 0 Å². The standard InChI is InChI=1S/C19H22N2O5/c1-6-25-19(23)15-11(4)26-18(21)12(8-20)16(15)14-10(3)17(24-5)9(2)7-13(14)22/h7,16,22H,6,21H2,1-5H3. The van der Waals surface area contributed by atoms with E-state index in [0.29, 0.717) is 16.9 Å². The number of nitrogens with two attached hydrogens (primary N) is 1. The van der Waals surface area contributed by atoms with Crippen LogP contribution in [0.15, 0.2) is 28.9 Å². The Bertz CT molecular complexity index is 862. The maximum Gasteiger partial charge on any atom is 0.338 e. The van der Waals surface area contributed by atoms with E-state index in [-0.39, 0.29) is 35.1 Å². The monoisotopic (exact) mass is 358 g/mol. The highest BCUT2D eigenvalue weighted by atomic mass is 16.5. The van der Waals surface area contributed by atoms with Crippen molar-refractivity contribution in [3.63, 3.8) is 0 Å². The maximum atomic E-state index is 12.6. The summed E-state index contributed by atoms with van der Waals surface area (Å²) in [4.78, 5) is 12.6. The highest BCUT2D eigenvalue weighted by molar-refractivity contribution is 5.93. The largest absolute Gasteiger partial charge is 0.508 e. The second-order valence-electron chi connectivity index (χ2n) is 5.90. The molecule has 0 saturated heterocycles. The summed E-state index contributed by atoms with van der Waals surface area (Å²) < 4.78 is 15.9. The molecule has 0 radical (unpaired) electrons. The molecule has 138 valence electrons. The molecule has 0 fully saturated rings. The molecule has 2 rings (SSSR count). The molecule has 26 heavy (non-hydrogen) atoms. The van der Waals surface area contributed by atoms with E-state index in [2.05, 4.69) is 0 Å². The van der Waals surface area contributed by atoms with Gasteiger partial charge >= 0.3 is 5.97 Å². The number of allylic oxidation sites excluding steroid dienone is 2. The third kappa shape index (κ3) is 3.06. The number of ether oxygens (including phenoxy) is 3. The number of benzene rings is 1.